The zero-order valence-corrected chi connectivity index (χ0v) is 16.6. The molecule has 0 amide bonds. The molecule has 6 nitrogen and oxygen atoms in total. The van der Waals surface area contributed by atoms with Crippen molar-refractivity contribution in [1.29, 1.82) is 0 Å². The maximum Gasteiger partial charge on any atom is 0.191 e. The molecule has 1 unspecified atom stereocenters. The van der Waals surface area contributed by atoms with Crippen LogP contribution in [0.4, 0.5) is 0 Å². The van der Waals surface area contributed by atoms with Gasteiger partial charge in [0.2, 0.25) is 0 Å². The Labute approximate surface area is 155 Å². The number of hydrogen-bond donors (Lipinski definition) is 2. The van der Waals surface area contributed by atoms with Crippen LogP contribution in [0.1, 0.15) is 12.0 Å². The van der Waals surface area contributed by atoms with Crippen molar-refractivity contribution in [2.24, 2.45) is 4.99 Å². The molecule has 130 valence electrons. The van der Waals surface area contributed by atoms with Gasteiger partial charge in [-0.3, -0.25) is 4.99 Å². The summed E-state index contributed by atoms with van der Waals surface area (Å²) in [4.78, 5) is 4.11. The standard InChI is InChI=1S/C15H23N3O3S.HI/c1-12-5-3-4-6-14(12)21-9-8-17-15(16-2)18-13-7-10-22(19,20)11-13;/h3-6,13H,7-11H2,1-2H3,(H2,16,17,18);1H. The number of nitrogens with zero attached hydrogens (tertiary/aromatic N) is 1. The Morgan fingerprint density at radius 1 is 1.39 bits per heavy atom. The Morgan fingerprint density at radius 3 is 2.74 bits per heavy atom. The quantitative estimate of drug-likeness (QED) is 0.305. The van der Waals surface area contributed by atoms with Crippen molar-refractivity contribution >= 4 is 39.8 Å². The summed E-state index contributed by atoms with van der Waals surface area (Å²) in [5.41, 5.74) is 1.10. The fourth-order valence-corrected chi connectivity index (χ4v) is 4.02. The molecule has 1 saturated heterocycles. The number of aryl methyl sites for hydroxylation is 1. The van der Waals surface area contributed by atoms with Crippen molar-refractivity contribution in [3.05, 3.63) is 29.8 Å². The van der Waals surface area contributed by atoms with E-state index < -0.39 is 9.84 Å². The van der Waals surface area contributed by atoms with E-state index in [1.54, 1.807) is 7.05 Å². The molecule has 2 rings (SSSR count). The molecule has 0 bridgehead atoms. The summed E-state index contributed by atoms with van der Waals surface area (Å²) in [6.45, 7) is 3.10. The van der Waals surface area contributed by atoms with Crippen LogP contribution in [0, 0.1) is 6.92 Å². The Kier molecular flexibility index (Phi) is 8.10. The van der Waals surface area contributed by atoms with Gasteiger partial charge in [-0.25, -0.2) is 8.42 Å². The van der Waals surface area contributed by atoms with E-state index in [4.69, 9.17) is 4.74 Å². The first kappa shape index (κ1) is 20.0. The Balaban J connectivity index is 0.00000264. The normalized spacial score (nSPS) is 19.7. The Morgan fingerprint density at radius 2 is 2.13 bits per heavy atom. The molecule has 1 aromatic carbocycles. The van der Waals surface area contributed by atoms with Crippen LogP contribution < -0.4 is 15.4 Å². The van der Waals surface area contributed by atoms with E-state index in [1.165, 1.54) is 0 Å². The Bertz CT molecular complexity index is 635. The van der Waals surface area contributed by atoms with E-state index in [9.17, 15) is 8.42 Å². The van der Waals surface area contributed by atoms with E-state index in [2.05, 4.69) is 15.6 Å². The van der Waals surface area contributed by atoms with Gasteiger partial charge in [-0.15, -0.1) is 24.0 Å². The molecule has 0 spiro atoms. The van der Waals surface area contributed by atoms with Crippen LogP contribution in [0.15, 0.2) is 29.3 Å². The first-order valence-electron chi connectivity index (χ1n) is 7.36. The number of halogens is 1. The van der Waals surface area contributed by atoms with Crippen LogP contribution in [0.2, 0.25) is 0 Å². The number of hydrogen-bond acceptors (Lipinski definition) is 4. The van der Waals surface area contributed by atoms with Crippen molar-refractivity contribution in [3.63, 3.8) is 0 Å². The zero-order chi connectivity index (χ0) is 16.0. The molecule has 1 atom stereocenters. The highest BCUT2D eigenvalue weighted by Crippen LogP contribution is 2.15. The molecular weight excluding hydrogens is 429 g/mol. The van der Waals surface area contributed by atoms with Gasteiger partial charge < -0.3 is 15.4 Å². The second kappa shape index (κ2) is 9.31. The number of aliphatic imine (C=N–C) groups is 1. The number of ether oxygens (including phenoxy) is 1. The fourth-order valence-electron chi connectivity index (χ4n) is 2.35. The fraction of sp³-hybridized carbons (Fsp3) is 0.533. The lowest BCUT2D eigenvalue weighted by Gasteiger charge is -2.16. The topological polar surface area (TPSA) is 79.8 Å². The number of benzene rings is 1. The van der Waals surface area contributed by atoms with Crippen molar-refractivity contribution < 1.29 is 13.2 Å². The predicted octanol–water partition coefficient (Wildman–Crippen LogP) is 1.34. The second-order valence-corrected chi connectivity index (χ2v) is 7.59. The maximum absolute atomic E-state index is 11.4. The lowest BCUT2D eigenvalue weighted by atomic mass is 10.2. The van der Waals surface area contributed by atoms with Crippen LogP contribution in [0.5, 0.6) is 5.75 Å². The molecule has 0 radical (unpaired) electrons. The van der Waals surface area contributed by atoms with Crippen LogP contribution >= 0.6 is 24.0 Å². The third-order valence-electron chi connectivity index (χ3n) is 3.54. The average Bonchev–Trinajstić information content (AvgIpc) is 2.83. The van der Waals surface area contributed by atoms with E-state index in [0.717, 1.165) is 11.3 Å². The third-order valence-corrected chi connectivity index (χ3v) is 5.31. The number of guanidine groups is 1. The number of para-hydroxylation sites is 1. The van der Waals surface area contributed by atoms with Crippen LogP contribution in [-0.2, 0) is 9.84 Å². The van der Waals surface area contributed by atoms with Gasteiger partial charge in [-0.2, -0.15) is 0 Å². The molecule has 1 aliphatic rings. The first-order chi connectivity index (χ1) is 10.5. The van der Waals surface area contributed by atoms with Crippen molar-refractivity contribution in [2.45, 2.75) is 19.4 Å². The molecule has 1 aromatic rings. The molecule has 1 fully saturated rings. The van der Waals surface area contributed by atoms with Gasteiger partial charge in [0.1, 0.15) is 12.4 Å². The maximum atomic E-state index is 11.4. The summed E-state index contributed by atoms with van der Waals surface area (Å²) in [6, 6.07) is 7.79. The molecule has 2 N–H and O–H groups in total. The largest absolute Gasteiger partial charge is 0.491 e. The van der Waals surface area contributed by atoms with Gasteiger partial charge in [0.25, 0.3) is 0 Å². The summed E-state index contributed by atoms with van der Waals surface area (Å²) in [6.07, 6.45) is 0.628. The summed E-state index contributed by atoms with van der Waals surface area (Å²) in [7, 11) is -1.22. The molecule has 1 aliphatic heterocycles. The van der Waals surface area contributed by atoms with Crippen molar-refractivity contribution in [2.75, 3.05) is 31.7 Å². The van der Waals surface area contributed by atoms with Gasteiger partial charge in [0.05, 0.1) is 18.1 Å². The van der Waals surface area contributed by atoms with Gasteiger partial charge in [-0.05, 0) is 25.0 Å². The summed E-state index contributed by atoms with van der Waals surface area (Å²) in [5.74, 6) is 1.90. The molecule has 0 aromatic heterocycles. The molecule has 1 heterocycles. The number of nitrogens with one attached hydrogen (secondary N) is 2. The highest BCUT2D eigenvalue weighted by Gasteiger charge is 2.28. The van der Waals surface area contributed by atoms with E-state index >= 15 is 0 Å². The first-order valence-corrected chi connectivity index (χ1v) is 9.18. The van der Waals surface area contributed by atoms with Crippen molar-refractivity contribution in [3.8, 4) is 5.75 Å². The summed E-state index contributed by atoms with van der Waals surface area (Å²) in [5, 5.41) is 6.27. The highest BCUT2D eigenvalue weighted by atomic mass is 127. The van der Waals surface area contributed by atoms with Crippen LogP contribution in [0.3, 0.4) is 0 Å². The molecule has 0 saturated carbocycles. The van der Waals surface area contributed by atoms with E-state index in [0.29, 0.717) is 25.5 Å². The lowest BCUT2D eigenvalue weighted by Crippen LogP contribution is -2.45. The van der Waals surface area contributed by atoms with Gasteiger partial charge in [-0.1, -0.05) is 18.2 Å². The molecule has 23 heavy (non-hydrogen) atoms. The average molecular weight is 453 g/mol. The minimum atomic E-state index is -2.89. The van der Waals surface area contributed by atoms with Gasteiger partial charge in [0.15, 0.2) is 15.8 Å². The summed E-state index contributed by atoms with van der Waals surface area (Å²) < 4.78 is 28.6. The molecular formula is C15H24IN3O3S. The second-order valence-electron chi connectivity index (χ2n) is 5.36. The number of rotatable bonds is 5. The zero-order valence-electron chi connectivity index (χ0n) is 13.4. The monoisotopic (exact) mass is 453 g/mol. The minimum Gasteiger partial charge on any atom is -0.491 e. The van der Waals surface area contributed by atoms with E-state index in [-0.39, 0.29) is 41.5 Å². The highest BCUT2D eigenvalue weighted by molar-refractivity contribution is 14.0. The summed E-state index contributed by atoms with van der Waals surface area (Å²) >= 11 is 0. The third kappa shape index (κ3) is 6.54. The van der Waals surface area contributed by atoms with Gasteiger partial charge >= 0.3 is 0 Å². The van der Waals surface area contributed by atoms with Gasteiger partial charge in [0, 0.05) is 13.1 Å². The molecule has 8 heteroatoms. The van der Waals surface area contributed by atoms with E-state index in [1.807, 2.05) is 31.2 Å². The van der Waals surface area contributed by atoms with Crippen LogP contribution in [-0.4, -0.2) is 52.1 Å². The molecule has 0 aliphatic carbocycles. The minimum absolute atomic E-state index is 0. The van der Waals surface area contributed by atoms with Crippen molar-refractivity contribution in [1.82, 2.24) is 10.6 Å². The smallest absolute Gasteiger partial charge is 0.191 e. The Hall–Kier alpha value is -1.03. The number of sulfone groups is 1. The predicted molar refractivity (Wildman–Crippen MR) is 104 cm³/mol. The lowest BCUT2D eigenvalue weighted by molar-refractivity contribution is 0.319. The van der Waals surface area contributed by atoms with Crippen LogP contribution in [0.25, 0.3) is 0 Å². The SMILES string of the molecule is CN=C(NCCOc1ccccc1C)NC1CCS(=O)(=O)C1.I.